The van der Waals surface area contributed by atoms with Crippen molar-refractivity contribution >= 4 is 17.3 Å². The van der Waals surface area contributed by atoms with Crippen molar-refractivity contribution in [1.82, 2.24) is 15.2 Å². The molecule has 1 saturated heterocycles. The highest BCUT2D eigenvalue weighted by atomic mass is 19.1. The van der Waals surface area contributed by atoms with Gasteiger partial charge in [-0.1, -0.05) is 0 Å². The molecule has 2 N–H and O–H groups in total. The SMILES string of the molecule is Cc1cc(Nc2cc(N3CCC3)c(F)cn2)n[nH]1. The number of aromatic amines is 1. The number of halogens is 1. The number of hydrogen-bond acceptors (Lipinski definition) is 4. The summed E-state index contributed by atoms with van der Waals surface area (Å²) in [5, 5.41) is 9.94. The van der Waals surface area contributed by atoms with Gasteiger partial charge in [-0.15, -0.1) is 0 Å². The summed E-state index contributed by atoms with van der Waals surface area (Å²) in [4.78, 5) is 6.02. The number of H-pyrrole nitrogens is 1. The Bertz CT molecular complexity index is 561. The van der Waals surface area contributed by atoms with Crippen molar-refractivity contribution in [2.75, 3.05) is 23.3 Å². The lowest BCUT2D eigenvalue weighted by atomic mass is 10.2. The number of anilines is 3. The van der Waals surface area contributed by atoms with Crippen LogP contribution in [0.4, 0.5) is 21.7 Å². The van der Waals surface area contributed by atoms with Crippen molar-refractivity contribution in [2.45, 2.75) is 13.3 Å². The zero-order valence-electron chi connectivity index (χ0n) is 10.1. The molecule has 0 spiro atoms. The van der Waals surface area contributed by atoms with Crippen molar-refractivity contribution in [1.29, 1.82) is 0 Å². The van der Waals surface area contributed by atoms with Crippen LogP contribution in [0.25, 0.3) is 0 Å². The van der Waals surface area contributed by atoms with Gasteiger partial charge in [0.05, 0.1) is 11.9 Å². The molecule has 3 heterocycles. The molecule has 2 aromatic rings. The normalized spacial score (nSPS) is 14.4. The number of nitrogens with one attached hydrogen (secondary N) is 2. The van der Waals surface area contributed by atoms with Gasteiger partial charge >= 0.3 is 0 Å². The molecular formula is C12H14FN5. The smallest absolute Gasteiger partial charge is 0.164 e. The first-order valence-electron chi connectivity index (χ1n) is 5.92. The molecule has 2 aromatic heterocycles. The van der Waals surface area contributed by atoms with Crippen molar-refractivity contribution < 1.29 is 4.39 Å². The Morgan fingerprint density at radius 3 is 2.78 bits per heavy atom. The summed E-state index contributed by atoms with van der Waals surface area (Å²) in [7, 11) is 0. The summed E-state index contributed by atoms with van der Waals surface area (Å²) in [5.41, 5.74) is 1.56. The average Bonchev–Trinajstić information content (AvgIpc) is 2.66. The van der Waals surface area contributed by atoms with E-state index in [9.17, 15) is 4.39 Å². The molecule has 1 aliphatic rings. The molecule has 0 aromatic carbocycles. The zero-order chi connectivity index (χ0) is 12.5. The highest BCUT2D eigenvalue weighted by molar-refractivity contribution is 5.60. The fraction of sp³-hybridized carbons (Fsp3) is 0.333. The quantitative estimate of drug-likeness (QED) is 0.873. The molecule has 0 aliphatic carbocycles. The van der Waals surface area contributed by atoms with Gasteiger partial charge in [0.2, 0.25) is 0 Å². The Morgan fingerprint density at radius 1 is 1.33 bits per heavy atom. The molecular weight excluding hydrogens is 233 g/mol. The largest absolute Gasteiger partial charge is 0.369 e. The first kappa shape index (κ1) is 11.0. The molecule has 0 unspecified atom stereocenters. The van der Waals surface area contributed by atoms with Crippen molar-refractivity contribution in [2.24, 2.45) is 0 Å². The van der Waals surface area contributed by atoms with Crippen LogP contribution in [0, 0.1) is 12.7 Å². The van der Waals surface area contributed by atoms with Gasteiger partial charge in [-0.2, -0.15) is 5.10 Å². The maximum absolute atomic E-state index is 13.6. The number of hydrogen-bond donors (Lipinski definition) is 2. The van der Waals surface area contributed by atoms with E-state index in [2.05, 4.69) is 20.5 Å². The molecule has 0 saturated carbocycles. The van der Waals surface area contributed by atoms with E-state index in [1.807, 2.05) is 17.9 Å². The minimum Gasteiger partial charge on any atom is -0.369 e. The van der Waals surface area contributed by atoms with Gasteiger partial charge in [0.25, 0.3) is 0 Å². The maximum atomic E-state index is 13.6. The summed E-state index contributed by atoms with van der Waals surface area (Å²) < 4.78 is 13.6. The fourth-order valence-electron chi connectivity index (χ4n) is 1.91. The highest BCUT2D eigenvalue weighted by Gasteiger charge is 2.19. The Labute approximate surface area is 104 Å². The Hall–Kier alpha value is -2.11. The third-order valence-corrected chi connectivity index (χ3v) is 2.99. The molecule has 0 atom stereocenters. The Morgan fingerprint density at radius 2 is 2.17 bits per heavy atom. The average molecular weight is 247 g/mol. The third-order valence-electron chi connectivity index (χ3n) is 2.99. The van der Waals surface area contributed by atoms with E-state index in [1.54, 1.807) is 6.07 Å². The number of pyridine rings is 1. The minimum absolute atomic E-state index is 0.279. The van der Waals surface area contributed by atoms with Crippen LogP contribution < -0.4 is 10.2 Å². The number of aromatic nitrogens is 3. The van der Waals surface area contributed by atoms with E-state index in [1.165, 1.54) is 6.20 Å². The zero-order valence-corrected chi connectivity index (χ0v) is 10.1. The summed E-state index contributed by atoms with van der Waals surface area (Å²) in [5.74, 6) is 1.00. The molecule has 1 fully saturated rings. The highest BCUT2D eigenvalue weighted by Crippen LogP contribution is 2.26. The first-order chi connectivity index (χ1) is 8.72. The van der Waals surface area contributed by atoms with E-state index in [0.29, 0.717) is 17.3 Å². The van der Waals surface area contributed by atoms with Gasteiger partial charge in [-0.25, -0.2) is 9.37 Å². The van der Waals surface area contributed by atoms with Gasteiger partial charge in [0.1, 0.15) is 5.82 Å². The Balaban J connectivity index is 1.84. The molecule has 0 bridgehead atoms. The standard InChI is InChI=1S/C12H14FN5/c1-8-5-12(17-16-8)15-11-6-10(9(13)7-14-11)18-3-2-4-18/h5-7H,2-4H2,1H3,(H2,14,15,16,17). The van der Waals surface area contributed by atoms with Gasteiger partial charge in [-0.05, 0) is 13.3 Å². The second-order valence-electron chi connectivity index (χ2n) is 4.42. The van der Waals surface area contributed by atoms with E-state index in [-0.39, 0.29) is 5.82 Å². The van der Waals surface area contributed by atoms with E-state index in [4.69, 9.17) is 0 Å². The lowest BCUT2D eigenvalue weighted by molar-refractivity contribution is 0.570. The van der Waals surface area contributed by atoms with Crippen LogP contribution in [0.5, 0.6) is 0 Å². The van der Waals surface area contributed by atoms with Crippen molar-refractivity contribution in [3.8, 4) is 0 Å². The summed E-state index contributed by atoms with van der Waals surface area (Å²) in [6, 6.07) is 3.59. The monoisotopic (exact) mass is 247 g/mol. The van der Waals surface area contributed by atoms with Crippen molar-refractivity contribution in [3.05, 3.63) is 29.8 Å². The molecule has 0 amide bonds. The van der Waals surface area contributed by atoms with Gasteiger partial charge in [0, 0.05) is 30.9 Å². The first-order valence-corrected chi connectivity index (χ1v) is 5.92. The minimum atomic E-state index is -0.279. The predicted octanol–water partition coefficient (Wildman–Crippen LogP) is 2.21. The molecule has 5 nitrogen and oxygen atoms in total. The summed E-state index contributed by atoms with van der Waals surface area (Å²) in [6.45, 7) is 3.73. The summed E-state index contributed by atoms with van der Waals surface area (Å²) >= 11 is 0. The predicted molar refractivity (Wildman–Crippen MR) is 67.6 cm³/mol. The molecule has 6 heteroatoms. The van der Waals surface area contributed by atoms with Gasteiger partial charge < -0.3 is 10.2 Å². The third kappa shape index (κ3) is 2.01. The fourth-order valence-corrected chi connectivity index (χ4v) is 1.91. The summed E-state index contributed by atoms with van der Waals surface area (Å²) in [6.07, 6.45) is 2.36. The second kappa shape index (κ2) is 4.29. The van der Waals surface area contributed by atoms with Crippen LogP contribution in [-0.4, -0.2) is 28.3 Å². The molecule has 3 rings (SSSR count). The van der Waals surface area contributed by atoms with Crippen LogP contribution >= 0.6 is 0 Å². The van der Waals surface area contributed by atoms with E-state index < -0.39 is 0 Å². The lowest BCUT2D eigenvalue weighted by Gasteiger charge is -2.33. The molecule has 94 valence electrons. The molecule has 18 heavy (non-hydrogen) atoms. The number of aryl methyl sites for hydroxylation is 1. The van der Waals surface area contributed by atoms with Crippen LogP contribution in [-0.2, 0) is 0 Å². The second-order valence-corrected chi connectivity index (χ2v) is 4.42. The molecule has 0 radical (unpaired) electrons. The van der Waals surface area contributed by atoms with Crippen LogP contribution in [0.3, 0.4) is 0 Å². The number of nitrogens with zero attached hydrogens (tertiary/aromatic N) is 3. The Kier molecular flexibility index (Phi) is 2.62. The lowest BCUT2D eigenvalue weighted by Crippen LogP contribution is -2.37. The number of rotatable bonds is 3. The molecule has 1 aliphatic heterocycles. The van der Waals surface area contributed by atoms with Crippen molar-refractivity contribution in [3.63, 3.8) is 0 Å². The van der Waals surface area contributed by atoms with Gasteiger partial charge in [-0.3, -0.25) is 5.10 Å². The maximum Gasteiger partial charge on any atom is 0.164 e. The van der Waals surface area contributed by atoms with Crippen LogP contribution in [0.2, 0.25) is 0 Å². The topological polar surface area (TPSA) is 56.8 Å². The van der Waals surface area contributed by atoms with Gasteiger partial charge in [0.15, 0.2) is 11.6 Å². The van der Waals surface area contributed by atoms with E-state index in [0.717, 1.165) is 25.2 Å². The van der Waals surface area contributed by atoms with Crippen LogP contribution in [0.1, 0.15) is 12.1 Å². The van der Waals surface area contributed by atoms with Crippen LogP contribution in [0.15, 0.2) is 18.3 Å². The van der Waals surface area contributed by atoms with E-state index >= 15 is 0 Å².